The Balaban J connectivity index is 1.75. The molecule has 2 amide bonds. The monoisotopic (exact) mass is 464 g/mol. The lowest BCUT2D eigenvalue weighted by Gasteiger charge is -2.31. The molecule has 2 aromatic rings. The van der Waals surface area contributed by atoms with Crippen molar-refractivity contribution in [3.63, 3.8) is 0 Å². The van der Waals surface area contributed by atoms with Crippen molar-refractivity contribution >= 4 is 11.8 Å². The van der Waals surface area contributed by atoms with Crippen molar-refractivity contribution < 1.29 is 14.3 Å². The number of nitrogens with zero attached hydrogens (tertiary/aromatic N) is 1. The Morgan fingerprint density at radius 2 is 1.68 bits per heavy atom. The van der Waals surface area contributed by atoms with E-state index in [-0.39, 0.29) is 29.9 Å². The molecule has 1 aliphatic rings. The van der Waals surface area contributed by atoms with E-state index in [0.29, 0.717) is 12.3 Å². The van der Waals surface area contributed by atoms with Crippen LogP contribution in [-0.2, 0) is 21.5 Å². The van der Waals surface area contributed by atoms with E-state index in [1.54, 1.807) is 4.90 Å². The standard InChI is InChI=1S/C29H40N2O3/c1-21-15-17-23(18-16-21)19-31(22(2)28(33)30-24-11-7-6-8-12-24)27(32)20-34-26-14-10-9-13-25(26)29(3,4)5/h9-10,13-18,22,24H,6-8,11-12,19-20H2,1-5H3,(H,30,33)/t22-/m0/s1. The van der Waals surface area contributed by atoms with Gasteiger partial charge in [0.1, 0.15) is 11.8 Å². The Bertz CT molecular complexity index is 956. The number of amides is 2. The maximum absolute atomic E-state index is 13.4. The van der Waals surface area contributed by atoms with Gasteiger partial charge in [0.25, 0.3) is 5.91 Å². The fourth-order valence-electron chi connectivity index (χ4n) is 4.48. The van der Waals surface area contributed by atoms with E-state index in [9.17, 15) is 9.59 Å². The van der Waals surface area contributed by atoms with Crippen LogP contribution in [0.25, 0.3) is 0 Å². The number of para-hydroxylation sites is 1. The zero-order valence-corrected chi connectivity index (χ0v) is 21.4. The largest absolute Gasteiger partial charge is 0.483 e. The number of ether oxygens (including phenoxy) is 1. The summed E-state index contributed by atoms with van der Waals surface area (Å²) < 4.78 is 6.02. The molecule has 0 bridgehead atoms. The Labute approximate surface area is 204 Å². The number of hydrogen-bond donors (Lipinski definition) is 1. The van der Waals surface area contributed by atoms with Crippen LogP contribution in [0.15, 0.2) is 48.5 Å². The van der Waals surface area contributed by atoms with Crippen molar-refractivity contribution in [2.24, 2.45) is 0 Å². The molecule has 184 valence electrons. The van der Waals surface area contributed by atoms with Crippen LogP contribution < -0.4 is 10.1 Å². The summed E-state index contributed by atoms with van der Waals surface area (Å²) in [6.45, 7) is 10.5. The second-order valence-corrected chi connectivity index (χ2v) is 10.6. The fraction of sp³-hybridized carbons (Fsp3) is 0.517. The minimum Gasteiger partial charge on any atom is -0.483 e. The Hall–Kier alpha value is -2.82. The van der Waals surface area contributed by atoms with E-state index in [1.807, 2.05) is 62.4 Å². The highest BCUT2D eigenvalue weighted by Gasteiger charge is 2.29. The zero-order valence-electron chi connectivity index (χ0n) is 21.4. The molecular weight excluding hydrogens is 424 g/mol. The van der Waals surface area contributed by atoms with Crippen LogP contribution in [0.4, 0.5) is 0 Å². The van der Waals surface area contributed by atoms with Gasteiger partial charge in [0, 0.05) is 12.6 Å². The third-order valence-electron chi connectivity index (χ3n) is 6.64. The molecule has 0 saturated heterocycles. The van der Waals surface area contributed by atoms with Crippen LogP contribution in [0, 0.1) is 6.92 Å². The molecule has 5 heteroatoms. The summed E-state index contributed by atoms with van der Waals surface area (Å²) >= 11 is 0. The Morgan fingerprint density at radius 3 is 2.32 bits per heavy atom. The summed E-state index contributed by atoms with van der Waals surface area (Å²) in [5.41, 5.74) is 3.10. The van der Waals surface area contributed by atoms with Gasteiger partial charge in [0.2, 0.25) is 5.91 Å². The maximum Gasteiger partial charge on any atom is 0.261 e. The molecule has 3 rings (SSSR count). The van der Waals surface area contributed by atoms with Gasteiger partial charge in [0.05, 0.1) is 0 Å². The number of nitrogens with one attached hydrogen (secondary N) is 1. The summed E-state index contributed by atoms with van der Waals surface area (Å²) in [7, 11) is 0. The Kier molecular flexibility index (Phi) is 8.76. The van der Waals surface area contributed by atoms with E-state index in [1.165, 1.54) is 6.42 Å². The first kappa shape index (κ1) is 25.8. The van der Waals surface area contributed by atoms with Gasteiger partial charge in [0.15, 0.2) is 6.61 Å². The van der Waals surface area contributed by atoms with E-state index < -0.39 is 6.04 Å². The van der Waals surface area contributed by atoms with Crippen LogP contribution >= 0.6 is 0 Å². The highest BCUT2D eigenvalue weighted by molar-refractivity contribution is 5.88. The average Bonchev–Trinajstić information content (AvgIpc) is 2.82. The molecule has 1 fully saturated rings. The summed E-state index contributed by atoms with van der Waals surface area (Å²) in [6.07, 6.45) is 5.54. The summed E-state index contributed by atoms with van der Waals surface area (Å²) in [6, 6.07) is 15.5. The Morgan fingerprint density at radius 1 is 1.03 bits per heavy atom. The van der Waals surface area contributed by atoms with Crippen molar-refractivity contribution in [2.75, 3.05) is 6.61 Å². The minimum absolute atomic E-state index is 0.0950. The molecule has 2 aromatic carbocycles. The lowest BCUT2D eigenvalue weighted by atomic mass is 9.86. The molecule has 1 atom stereocenters. The van der Waals surface area contributed by atoms with E-state index >= 15 is 0 Å². The number of carbonyl (C=O) groups is 2. The molecule has 0 aromatic heterocycles. The van der Waals surface area contributed by atoms with Gasteiger partial charge in [-0.1, -0.05) is 88.1 Å². The number of aryl methyl sites for hydroxylation is 1. The lowest BCUT2D eigenvalue weighted by Crippen LogP contribution is -2.51. The third kappa shape index (κ3) is 7.09. The van der Waals surface area contributed by atoms with Crippen molar-refractivity contribution in [1.29, 1.82) is 0 Å². The molecule has 34 heavy (non-hydrogen) atoms. The summed E-state index contributed by atoms with van der Waals surface area (Å²) in [4.78, 5) is 28.2. The number of carbonyl (C=O) groups excluding carboxylic acids is 2. The van der Waals surface area contributed by atoms with Crippen molar-refractivity contribution in [3.8, 4) is 5.75 Å². The summed E-state index contributed by atoms with van der Waals surface area (Å²) in [5.74, 6) is 0.413. The molecule has 0 spiro atoms. The molecule has 0 heterocycles. The molecule has 0 radical (unpaired) electrons. The molecule has 5 nitrogen and oxygen atoms in total. The van der Waals surface area contributed by atoms with Gasteiger partial charge in [-0.3, -0.25) is 9.59 Å². The molecule has 1 aliphatic carbocycles. The summed E-state index contributed by atoms with van der Waals surface area (Å²) in [5, 5.41) is 3.18. The van der Waals surface area contributed by atoms with Crippen LogP contribution in [0.2, 0.25) is 0 Å². The third-order valence-corrected chi connectivity index (χ3v) is 6.64. The van der Waals surface area contributed by atoms with Crippen LogP contribution in [0.1, 0.15) is 76.5 Å². The van der Waals surface area contributed by atoms with E-state index in [0.717, 1.165) is 42.4 Å². The van der Waals surface area contributed by atoms with Crippen LogP contribution in [-0.4, -0.2) is 35.4 Å². The smallest absolute Gasteiger partial charge is 0.261 e. The van der Waals surface area contributed by atoms with E-state index in [2.05, 4.69) is 26.1 Å². The second kappa shape index (κ2) is 11.5. The average molecular weight is 465 g/mol. The van der Waals surface area contributed by atoms with E-state index in [4.69, 9.17) is 4.74 Å². The minimum atomic E-state index is -0.586. The molecule has 0 aliphatic heterocycles. The molecule has 0 unspecified atom stereocenters. The number of hydrogen-bond acceptors (Lipinski definition) is 3. The SMILES string of the molecule is Cc1ccc(CN(C(=O)COc2ccccc2C(C)(C)C)[C@@H](C)C(=O)NC2CCCCC2)cc1. The van der Waals surface area contributed by atoms with Crippen molar-refractivity contribution in [2.45, 2.75) is 90.8 Å². The van der Waals surface area contributed by atoms with Crippen molar-refractivity contribution in [3.05, 3.63) is 65.2 Å². The van der Waals surface area contributed by atoms with Gasteiger partial charge in [-0.15, -0.1) is 0 Å². The van der Waals surface area contributed by atoms with Gasteiger partial charge < -0.3 is 15.0 Å². The fourth-order valence-corrected chi connectivity index (χ4v) is 4.48. The molecular formula is C29H40N2O3. The number of rotatable bonds is 8. The number of benzene rings is 2. The first-order valence-electron chi connectivity index (χ1n) is 12.5. The predicted molar refractivity (Wildman–Crippen MR) is 137 cm³/mol. The highest BCUT2D eigenvalue weighted by atomic mass is 16.5. The topological polar surface area (TPSA) is 58.6 Å². The first-order chi connectivity index (χ1) is 16.1. The zero-order chi connectivity index (χ0) is 24.7. The lowest BCUT2D eigenvalue weighted by molar-refractivity contribution is -0.142. The normalized spacial score (nSPS) is 15.4. The van der Waals surface area contributed by atoms with Crippen LogP contribution in [0.5, 0.6) is 5.75 Å². The quantitative estimate of drug-likeness (QED) is 0.558. The second-order valence-electron chi connectivity index (χ2n) is 10.6. The van der Waals surface area contributed by atoms with Crippen LogP contribution in [0.3, 0.4) is 0 Å². The molecule has 1 saturated carbocycles. The van der Waals surface area contributed by atoms with Gasteiger partial charge >= 0.3 is 0 Å². The molecule has 1 N–H and O–H groups in total. The first-order valence-corrected chi connectivity index (χ1v) is 12.5. The maximum atomic E-state index is 13.4. The van der Waals surface area contributed by atoms with Gasteiger partial charge in [-0.05, 0) is 49.3 Å². The van der Waals surface area contributed by atoms with Crippen molar-refractivity contribution in [1.82, 2.24) is 10.2 Å². The predicted octanol–water partition coefficient (Wildman–Crippen LogP) is 5.54. The van der Waals surface area contributed by atoms with Gasteiger partial charge in [-0.25, -0.2) is 0 Å². The highest BCUT2D eigenvalue weighted by Crippen LogP contribution is 2.31. The van der Waals surface area contributed by atoms with Gasteiger partial charge in [-0.2, -0.15) is 0 Å².